The maximum Gasteiger partial charge on any atom is 0.245 e. The van der Waals surface area contributed by atoms with Gasteiger partial charge in [0.25, 0.3) is 0 Å². The predicted molar refractivity (Wildman–Crippen MR) is 74.0 cm³/mol. The second-order valence-corrected chi connectivity index (χ2v) is 5.12. The molecule has 1 aromatic rings. The maximum atomic E-state index is 12.4. The fourth-order valence-corrected chi connectivity index (χ4v) is 2.59. The normalized spacial score (nSPS) is 15.8. The van der Waals surface area contributed by atoms with E-state index in [0.717, 1.165) is 25.7 Å². The van der Waals surface area contributed by atoms with Crippen LogP contribution in [0.25, 0.3) is 0 Å². The van der Waals surface area contributed by atoms with Gasteiger partial charge in [0.2, 0.25) is 11.8 Å². The number of carbonyl (C=O) groups is 2. The first-order valence-electron chi connectivity index (χ1n) is 7.19. The number of nitrogens with zero attached hydrogens (tertiary/aromatic N) is 2. The number of nitrogens with one attached hydrogen (secondary N) is 1. The first-order chi connectivity index (χ1) is 9.70. The number of rotatable bonds is 5. The minimum Gasteiger partial charge on any atom is -0.363 e. The number of hydrogen-bond acceptors (Lipinski definition) is 4. The molecule has 0 atom stereocenters. The summed E-state index contributed by atoms with van der Waals surface area (Å²) in [4.78, 5) is 25.9. The smallest absolute Gasteiger partial charge is 0.245 e. The molecule has 0 unspecified atom stereocenters. The largest absolute Gasteiger partial charge is 0.363 e. The molecule has 0 bridgehead atoms. The fourth-order valence-electron chi connectivity index (χ4n) is 2.59. The highest BCUT2D eigenvalue weighted by Gasteiger charge is 2.26. The number of hydrogen-bond donors (Lipinski definition) is 1. The van der Waals surface area contributed by atoms with E-state index >= 15 is 0 Å². The van der Waals surface area contributed by atoms with Crippen LogP contribution in [0.2, 0.25) is 0 Å². The molecule has 2 amide bonds. The van der Waals surface area contributed by atoms with Gasteiger partial charge in [-0.2, -0.15) is 0 Å². The van der Waals surface area contributed by atoms with Crippen molar-refractivity contribution in [3.05, 3.63) is 12.3 Å². The molecule has 110 valence electrons. The van der Waals surface area contributed by atoms with Crippen LogP contribution in [0.3, 0.4) is 0 Å². The summed E-state index contributed by atoms with van der Waals surface area (Å²) < 4.78 is 4.64. The summed E-state index contributed by atoms with van der Waals surface area (Å²) in [6.45, 7) is 2.50. The van der Waals surface area contributed by atoms with Gasteiger partial charge >= 0.3 is 0 Å². The SMILES string of the molecule is CCN(CC(=O)Nc1ccon1)C(=O)C1CCCCC1. The first kappa shape index (κ1) is 14.6. The molecule has 0 saturated heterocycles. The number of anilines is 1. The molecule has 0 aromatic carbocycles. The van der Waals surface area contributed by atoms with Crippen LogP contribution < -0.4 is 5.32 Å². The van der Waals surface area contributed by atoms with Crippen LogP contribution in [0.4, 0.5) is 5.82 Å². The number of amides is 2. The molecule has 6 heteroatoms. The summed E-state index contributed by atoms with van der Waals surface area (Å²) in [5.41, 5.74) is 0. The molecular weight excluding hydrogens is 258 g/mol. The van der Waals surface area contributed by atoms with E-state index in [1.54, 1.807) is 11.0 Å². The molecule has 1 N–H and O–H groups in total. The van der Waals surface area contributed by atoms with Gasteiger partial charge in [0, 0.05) is 18.5 Å². The molecule has 2 rings (SSSR count). The Morgan fingerprint density at radius 2 is 2.15 bits per heavy atom. The molecule has 1 aliphatic rings. The highest BCUT2D eigenvalue weighted by Crippen LogP contribution is 2.25. The molecule has 0 aliphatic heterocycles. The quantitative estimate of drug-likeness (QED) is 0.895. The van der Waals surface area contributed by atoms with Crippen molar-refractivity contribution in [2.24, 2.45) is 5.92 Å². The maximum absolute atomic E-state index is 12.4. The Morgan fingerprint density at radius 3 is 2.75 bits per heavy atom. The third-order valence-corrected chi connectivity index (χ3v) is 3.69. The molecule has 0 radical (unpaired) electrons. The van der Waals surface area contributed by atoms with E-state index < -0.39 is 0 Å². The van der Waals surface area contributed by atoms with Crippen molar-refractivity contribution >= 4 is 17.6 Å². The summed E-state index contributed by atoms with van der Waals surface area (Å²) in [5.74, 6) is 0.312. The van der Waals surface area contributed by atoms with Gasteiger partial charge in [-0.15, -0.1) is 0 Å². The van der Waals surface area contributed by atoms with Gasteiger partial charge in [-0.25, -0.2) is 0 Å². The Bertz CT molecular complexity index is 439. The average Bonchev–Trinajstić information content (AvgIpc) is 2.97. The summed E-state index contributed by atoms with van der Waals surface area (Å²) in [6.07, 6.45) is 6.71. The topological polar surface area (TPSA) is 75.4 Å². The molecule has 1 aromatic heterocycles. The van der Waals surface area contributed by atoms with E-state index in [9.17, 15) is 9.59 Å². The highest BCUT2D eigenvalue weighted by molar-refractivity contribution is 5.94. The van der Waals surface area contributed by atoms with Gasteiger partial charge in [0.15, 0.2) is 5.82 Å². The van der Waals surface area contributed by atoms with Gasteiger partial charge < -0.3 is 14.7 Å². The molecular formula is C14H21N3O3. The minimum absolute atomic E-state index is 0.0681. The summed E-state index contributed by atoms with van der Waals surface area (Å²) >= 11 is 0. The Labute approximate surface area is 118 Å². The lowest BCUT2D eigenvalue weighted by atomic mass is 9.88. The van der Waals surface area contributed by atoms with E-state index in [1.807, 2.05) is 6.92 Å². The zero-order valence-electron chi connectivity index (χ0n) is 11.8. The average molecular weight is 279 g/mol. The number of aromatic nitrogens is 1. The lowest BCUT2D eigenvalue weighted by molar-refractivity contribution is -0.139. The second kappa shape index (κ2) is 7.07. The lowest BCUT2D eigenvalue weighted by Crippen LogP contribution is -2.41. The second-order valence-electron chi connectivity index (χ2n) is 5.12. The summed E-state index contributed by atoms with van der Waals surface area (Å²) in [5, 5.41) is 6.22. The van der Waals surface area contributed by atoms with E-state index in [4.69, 9.17) is 0 Å². The van der Waals surface area contributed by atoms with Crippen LogP contribution in [0.1, 0.15) is 39.0 Å². The monoisotopic (exact) mass is 279 g/mol. The molecule has 0 spiro atoms. The Kier molecular flexibility index (Phi) is 5.15. The molecule has 20 heavy (non-hydrogen) atoms. The zero-order valence-corrected chi connectivity index (χ0v) is 11.8. The predicted octanol–water partition coefficient (Wildman–Crippen LogP) is 2.04. The van der Waals surface area contributed by atoms with E-state index in [0.29, 0.717) is 12.4 Å². The van der Waals surface area contributed by atoms with Crippen LogP contribution in [0.15, 0.2) is 16.9 Å². The first-order valence-corrected chi connectivity index (χ1v) is 7.19. The van der Waals surface area contributed by atoms with Crippen molar-refractivity contribution in [3.8, 4) is 0 Å². The molecule has 1 fully saturated rings. The third kappa shape index (κ3) is 3.82. The van der Waals surface area contributed by atoms with Crippen LogP contribution in [0, 0.1) is 5.92 Å². The van der Waals surface area contributed by atoms with Crippen molar-refractivity contribution < 1.29 is 14.1 Å². The van der Waals surface area contributed by atoms with Crippen molar-refractivity contribution in [3.63, 3.8) is 0 Å². The van der Waals surface area contributed by atoms with Crippen molar-refractivity contribution in [2.45, 2.75) is 39.0 Å². The van der Waals surface area contributed by atoms with Gasteiger partial charge in [0.05, 0.1) is 6.54 Å². The van der Waals surface area contributed by atoms with Gasteiger partial charge in [-0.1, -0.05) is 24.4 Å². The van der Waals surface area contributed by atoms with Crippen LogP contribution >= 0.6 is 0 Å². The highest BCUT2D eigenvalue weighted by atomic mass is 16.5. The van der Waals surface area contributed by atoms with Gasteiger partial charge in [0.1, 0.15) is 6.26 Å². The zero-order chi connectivity index (χ0) is 14.4. The molecule has 1 heterocycles. The molecule has 6 nitrogen and oxygen atoms in total. The summed E-state index contributed by atoms with van der Waals surface area (Å²) in [6, 6.07) is 1.57. The van der Waals surface area contributed by atoms with Crippen molar-refractivity contribution in [1.29, 1.82) is 0 Å². The Morgan fingerprint density at radius 1 is 1.40 bits per heavy atom. The van der Waals surface area contributed by atoms with E-state index in [-0.39, 0.29) is 24.3 Å². The van der Waals surface area contributed by atoms with Crippen molar-refractivity contribution in [1.82, 2.24) is 10.1 Å². The standard InChI is InChI=1S/C14H21N3O3/c1-2-17(14(19)11-6-4-3-5-7-11)10-13(18)15-12-8-9-20-16-12/h8-9,11H,2-7,10H2,1H3,(H,15,16,18). The number of likely N-dealkylation sites (N-methyl/N-ethyl adjacent to an activating group) is 1. The van der Waals surface area contributed by atoms with Gasteiger partial charge in [-0.3, -0.25) is 9.59 Å². The molecule has 1 aliphatic carbocycles. The Hall–Kier alpha value is -1.85. The van der Waals surface area contributed by atoms with Crippen LogP contribution in [0.5, 0.6) is 0 Å². The minimum atomic E-state index is -0.245. The number of carbonyl (C=O) groups excluding carboxylic acids is 2. The lowest BCUT2D eigenvalue weighted by Gasteiger charge is -2.27. The molecule has 1 saturated carbocycles. The summed E-state index contributed by atoms with van der Waals surface area (Å²) in [7, 11) is 0. The van der Waals surface area contributed by atoms with Gasteiger partial charge in [-0.05, 0) is 19.8 Å². The third-order valence-electron chi connectivity index (χ3n) is 3.69. The van der Waals surface area contributed by atoms with E-state index in [2.05, 4.69) is 15.0 Å². The van der Waals surface area contributed by atoms with Crippen LogP contribution in [-0.4, -0.2) is 35.0 Å². The fraction of sp³-hybridized carbons (Fsp3) is 0.643. The van der Waals surface area contributed by atoms with Crippen molar-refractivity contribution in [2.75, 3.05) is 18.4 Å². The van der Waals surface area contributed by atoms with E-state index in [1.165, 1.54) is 12.7 Å². The van der Waals surface area contributed by atoms with Crippen LogP contribution in [-0.2, 0) is 9.59 Å². The Balaban J connectivity index is 1.87.